The molecule has 1 N–H and O–H groups in total. The zero-order chi connectivity index (χ0) is 19.8. The first-order chi connectivity index (χ1) is 12.9. The SMILES string of the molecule is CCNC(=O)[C@H](C)N(Cc1ccccc1Cl)C(=O)COc1ccc(Cl)cc1. The van der Waals surface area contributed by atoms with Crippen molar-refractivity contribution in [1.82, 2.24) is 10.2 Å². The lowest BCUT2D eigenvalue weighted by molar-refractivity contribution is -0.142. The van der Waals surface area contributed by atoms with Gasteiger partial charge in [-0.1, -0.05) is 41.4 Å². The number of benzene rings is 2. The zero-order valence-corrected chi connectivity index (χ0v) is 16.8. The normalized spacial score (nSPS) is 11.6. The smallest absolute Gasteiger partial charge is 0.261 e. The molecule has 0 unspecified atom stereocenters. The molecule has 0 fully saturated rings. The van der Waals surface area contributed by atoms with E-state index in [2.05, 4.69) is 5.32 Å². The number of nitrogens with zero attached hydrogens (tertiary/aromatic N) is 1. The summed E-state index contributed by atoms with van der Waals surface area (Å²) in [5.41, 5.74) is 0.759. The summed E-state index contributed by atoms with van der Waals surface area (Å²) in [6.45, 7) is 4.01. The van der Waals surface area contributed by atoms with E-state index < -0.39 is 6.04 Å². The highest BCUT2D eigenvalue weighted by Gasteiger charge is 2.26. The zero-order valence-electron chi connectivity index (χ0n) is 15.2. The van der Waals surface area contributed by atoms with Gasteiger partial charge in [0.1, 0.15) is 11.8 Å². The molecule has 1 atom stereocenters. The highest BCUT2D eigenvalue weighted by molar-refractivity contribution is 6.31. The molecule has 2 amide bonds. The first-order valence-electron chi connectivity index (χ1n) is 8.61. The van der Waals surface area contributed by atoms with E-state index in [9.17, 15) is 9.59 Å². The van der Waals surface area contributed by atoms with Gasteiger partial charge in [0.05, 0.1) is 0 Å². The number of carbonyl (C=O) groups is 2. The van der Waals surface area contributed by atoms with Gasteiger partial charge in [-0.2, -0.15) is 0 Å². The van der Waals surface area contributed by atoms with Crippen molar-refractivity contribution in [3.05, 3.63) is 64.1 Å². The van der Waals surface area contributed by atoms with E-state index >= 15 is 0 Å². The Labute approximate surface area is 169 Å². The van der Waals surface area contributed by atoms with E-state index in [1.54, 1.807) is 37.3 Å². The summed E-state index contributed by atoms with van der Waals surface area (Å²) in [4.78, 5) is 26.5. The first kappa shape index (κ1) is 21.1. The summed E-state index contributed by atoms with van der Waals surface area (Å²) in [5.74, 6) is -0.0240. The number of rotatable bonds is 8. The van der Waals surface area contributed by atoms with Crippen molar-refractivity contribution >= 4 is 35.0 Å². The number of carbonyl (C=O) groups excluding carboxylic acids is 2. The van der Waals surface area contributed by atoms with Gasteiger partial charge in [0.15, 0.2) is 6.61 Å². The van der Waals surface area contributed by atoms with E-state index in [0.717, 1.165) is 5.56 Å². The van der Waals surface area contributed by atoms with Crippen LogP contribution >= 0.6 is 23.2 Å². The van der Waals surface area contributed by atoms with E-state index in [4.69, 9.17) is 27.9 Å². The maximum atomic E-state index is 12.8. The second-order valence-electron chi connectivity index (χ2n) is 5.93. The Balaban J connectivity index is 2.14. The third-order valence-electron chi connectivity index (χ3n) is 3.99. The van der Waals surface area contributed by atoms with Crippen LogP contribution in [0.25, 0.3) is 0 Å². The molecule has 0 bridgehead atoms. The summed E-state index contributed by atoms with van der Waals surface area (Å²) < 4.78 is 5.55. The van der Waals surface area contributed by atoms with Gasteiger partial charge >= 0.3 is 0 Å². The standard InChI is InChI=1S/C20H22Cl2N2O3/c1-3-23-20(26)14(2)24(12-15-6-4-5-7-18(15)22)19(25)13-27-17-10-8-16(21)9-11-17/h4-11,14H,3,12-13H2,1-2H3,(H,23,26)/t14-/m0/s1. The third kappa shape index (κ3) is 6.15. The molecule has 27 heavy (non-hydrogen) atoms. The maximum Gasteiger partial charge on any atom is 0.261 e. The average molecular weight is 409 g/mol. The molecule has 7 heteroatoms. The van der Waals surface area contributed by atoms with Crippen molar-refractivity contribution in [2.45, 2.75) is 26.4 Å². The minimum absolute atomic E-state index is 0.199. The molecule has 0 radical (unpaired) electrons. The lowest BCUT2D eigenvalue weighted by Crippen LogP contribution is -2.49. The van der Waals surface area contributed by atoms with Crippen molar-refractivity contribution in [3.63, 3.8) is 0 Å². The van der Waals surface area contributed by atoms with E-state index in [1.165, 1.54) is 4.90 Å². The van der Waals surface area contributed by atoms with Gasteiger partial charge in [-0.3, -0.25) is 9.59 Å². The van der Waals surface area contributed by atoms with Gasteiger partial charge in [0.25, 0.3) is 5.91 Å². The maximum absolute atomic E-state index is 12.8. The number of likely N-dealkylation sites (N-methyl/N-ethyl adjacent to an activating group) is 1. The Bertz CT molecular complexity index is 781. The molecule has 0 aliphatic rings. The highest BCUT2D eigenvalue weighted by atomic mass is 35.5. The summed E-state index contributed by atoms with van der Waals surface area (Å²) in [5, 5.41) is 3.86. The van der Waals surface area contributed by atoms with Crippen LogP contribution < -0.4 is 10.1 Å². The van der Waals surface area contributed by atoms with E-state index in [0.29, 0.717) is 22.3 Å². The van der Waals surface area contributed by atoms with Crippen LogP contribution in [0.5, 0.6) is 5.75 Å². The summed E-state index contributed by atoms with van der Waals surface area (Å²) >= 11 is 12.1. The van der Waals surface area contributed by atoms with Crippen LogP contribution in [0.4, 0.5) is 0 Å². The molecular formula is C20H22Cl2N2O3. The Morgan fingerprint density at radius 3 is 2.41 bits per heavy atom. The number of nitrogens with one attached hydrogen (secondary N) is 1. The summed E-state index contributed by atoms with van der Waals surface area (Å²) in [7, 11) is 0. The number of halogens is 2. The minimum atomic E-state index is -0.664. The number of ether oxygens (including phenoxy) is 1. The molecule has 0 saturated heterocycles. The van der Waals surface area contributed by atoms with Crippen molar-refractivity contribution in [2.24, 2.45) is 0 Å². The fraction of sp³-hybridized carbons (Fsp3) is 0.300. The van der Waals surface area contributed by atoms with Crippen molar-refractivity contribution in [3.8, 4) is 5.75 Å². The second-order valence-corrected chi connectivity index (χ2v) is 6.77. The summed E-state index contributed by atoms with van der Waals surface area (Å²) in [6.07, 6.45) is 0. The van der Waals surface area contributed by atoms with Gasteiger partial charge in [0, 0.05) is 23.1 Å². The molecule has 0 heterocycles. The number of hydrogen-bond acceptors (Lipinski definition) is 3. The Morgan fingerprint density at radius 2 is 1.78 bits per heavy atom. The molecule has 5 nitrogen and oxygen atoms in total. The van der Waals surface area contributed by atoms with Gasteiger partial charge in [-0.25, -0.2) is 0 Å². The van der Waals surface area contributed by atoms with E-state index in [-0.39, 0.29) is 25.0 Å². The Morgan fingerprint density at radius 1 is 1.11 bits per heavy atom. The van der Waals surface area contributed by atoms with Crippen LogP contribution in [0, 0.1) is 0 Å². The largest absolute Gasteiger partial charge is 0.484 e. The molecule has 0 spiro atoms. The minimum Gasteiger partial charge on any atom is -0.484 e. The fourth-order valence-corrected chi connectivity index (χ4v) is 2.80. The number of amides is 2. The molecule has 0 aliphatic heterocycles. The van der Waals surface area contributed by atoms with Gasteiger partial charge < -0.3 is 15.0 Å². The second kappa shape index (κ2) is 10.2. The van der Waals surface area contributed by atoms with Crippen LogP contribution in [0.15, 0.2) is 48.5 Å². The monoisotopic (exact) mass is 408 g/mol. The highest BCUT2D eigenvalue weighted by Crippen LogP contribution is 2.19. The Kier molecular flexibility index (Phi) is 7.95. The van der Waals surface area contributed by atoms with Crippen molar-refractivity contribution < 1.29 is 14.3 Å². The molecular weight excluding hydrogens is 387 g/mol. The fourth-order valence-electron chi connectivity index (χ4n) is 2.47. The van der Waals surface area contributed by atoms with Crippen LogP contribution in [0.1, 0.15) is 19.4 Å². The molecule has 0 aromatic heterocycles. The van der Waals surface area contributed by atoms with Crippen molar-refractivity contribution in [2.75, 3.05) is 13.2 Å². The van der Waals surface area contributed by atoms with Gasteiger partial charge in [-0.15, -0.1) is 0 Å². The molecule has 0 saturated carbocycles. The molecule has 0 aliphatic carbocycles. The molecule has 2 aromatic carbocycles. The topological polar surface area (TPSA) is 58.6 Å². The van der Waals surface area contributed by atoms with Crippen LogP contribution in [-0.4, -0.2) is 35.9 Å². The molecule has 2 rings (SSSR count). The third-order valence-corrected chi connectivity index (χ3v) is 4.61. The van der Waals surface area contributed by atoms with E-state index in [1.807, 2.05) is 25.1 Å². The van der Waals surface area contributed by atoms with Gasteiger partial charge in [-0.05, 0) is 49.7 Å². The Hall–Kier alpha value is -2.24. The summed E-state index contributed by atoms with van der Waals surface area (Å²) in [6, 6.07) is 13.3. The lowest BCUT2D eigenvalue weighted by Gasteiger charge is -2.29. The van der Waals surface area contributed by atoms with Crippen molar-refractivity contribution in [1.29, 1.82) is 0 Å². The molecule has 2 aromatic rings. The number of hydrogen-bond donors (Lipinski definition) is 1. The molecule has 144 valence electrons. The van der Waals surface area contributed by atoms with Crippen LogP contribution in [0.2, 0.25) is 10.0 Å². The predicted molar refractivity (Wildman–Crippen MR) is 107 cm³/mol. The van der Waals surface area contributed by atoms with Gasteiger partial charge in [0.2, 0.25) is 5.91 Å². The first-order valence-corrected chi connectivity index (χ1v) is 9.37. The van der Waals surface area contributed by atoms with Crippen LogP contribution in [-0.2, 0) is 16.1 Å². The van der Waals surface area contributed by atoms with Crippen LogP contribution in [0.3, 0.4) is 0 Å². The quantitative estimate of drug-likeness (QED) is 0.719. The lowest BCUT2D eigenvalue weighted by atomic mass is 10.1. The predicted octanol–water partition coefficient (Wildman–Crippen LogP) is 3.93. The average Bonchev–Trinajstić information content (AvgIpc) is 2.66.